The number of benzene rings is 1. The molecule has 0 spiro atoms. The Hall–Kier alpha value is -1.51. The molecule has 0 saturated carbocycles. The molecule has 6 nitrogen and oxygen atoms in total. The molecule has 152 valence electrons. The number of methoxy groups -OCH3 is 1. The molecule has 1 aromatic rings. The molecule has 1 aliphatic rings. The van der Waals surface area contributed by atoms with E-state index in [1.54, 1.807) is 7.11 Å². The first-order valence-corrected chi connectivity index (χ1v) is 9.50. The lowest BCUT2D eigenvalue weighted by Gasteiger charge is -2.34. The predicted molar refractivity (Wildman–Crippen MR) is 119 cm³/mol. The normalized spacial score (nSPS) is 17.1. The number of nitrogens with zero attached hydrogens (tertiary/aromatic N) is 2. The van der Waals surface area contributed by atoms with Crippen molar-refractivity contribution in [1.82, 2.24) is 10.2 Å². The van der Waals surface area contributed by atoms with Crippen LogP contribution in [0.25, 0.3) is 0 Å². The van der Waals surface area contributed by atoms with Crippen molar-refractivity contribution in [3.05, 3.63) is 29.8 Å². The first kappa shape index (κ1) is 23.5. The number of ether oxygens (including phenoxy) is 2. The number of guanidine groups is 1. The average Bonchev–Trinajstić information content (AvgIpc) is 2.68. The quantitative estimate of drug-likeness (QED) is 0.276. The van der Waals surface area contributed by atoms with Gasteiger partial charge in [0.05, 0.1) is 19.6 Å². The van der Waals surface area contributed by atoms with Crippen LogP contribution in [0.2, 0.25) is 0 Å². The highest BCUT2D eigenvalue weighted by Gasteiger charge is 2.28. The van der Waals surface area contributed by atoms with Gasteiger partial charge in [-0.2, -0.15) is 0 Å². The van der Waals surface area contributed by atoms with Gasteiger partial charge >= 0.3 is 5.97 Å². The van der Waals surface area contributed by atoms with Crippen LogP contribution >= 0.6 is 24.0 Å². The van der Waals surface area contributed by atoms with Crippen molar-refractivity contribution in [2.75, 3.05) is 39.9 Å². The van der Waals surface area contributed by atoms with Crippen molar-refractivity contribution >= 4 is 35.9 Å². The summed E-state index contributed by atoms with van der Waals surface area (Å²) in [5.74, 6) is 1.59. The minimum absolute atomic E-state index is 0. The third-order valence-corrected chi connectivity index (χ3v) is 4.47. The van der Waals surface area contributed by atoms with Crippen LogP contribution in [0.5, 0.6) is 5.75 Å². The van der Waals surface area contributed by atoms with Crippen LogP contribution in [0.3, 0.4) is 0 Å². The van der Waals surface area contributed by atoms with Crippen LogP contribution in [-0.2, 0) is 16.0 Å². The summed E-state index contributed by atoms with van der Waals surface area (Å²) in [6, 6.07) is 8.07. The summed E-state index contributed by atoms with van der Waals surface area (Å²) in [6.07, 6.45) is 2.71. The third kappa shape index (κ3) is 7.56. The van der Waals surface area contributed by atoms with Crippen LogP contribution < -0.4 is 10.1 Å². The molecule has 27 heavy (non-hydrogen) atoms. The van der Waals surface area contributed by atoms with Gasteiger partial charge in [0.15, 0.2) is 5.96 Å². The maximum absolute atomic E-state index is 12.1. The van der Waals surface area contributed by atoms with Crippen LogP contribution in [0.1, 0.15) is 32.3 Å². The maximum Gasteiger partial charge on any atom is 0.310 e. The molecule has 1 aromatic carbocycles. The lowest BCUT2D eigenvalue weighted by atomic mass is 9.98. The largest absolute Gasteiger partial charge is 0.497 e. The molecule has 0 aromatic heterocycles. The van der Waals surface area contributed by atoms with Crippen LogP contribution in [0.15, 0.2) is 29.3 Å². The summed E-state index contributed by atoms with van der Waals surface area (Å²) in [4.78, 5) is 19.0. The zero-order valence-electron chi connectivity index (χ0n) is 16.6. The van der Waals surface area contributed by atoms with Gasteiger partial charge in [-0.05, 0) is 50.8 Å². The molecule has 1 unspecified atom stereocenters. The van der Waals surface area contributed by atoms with Gasteiger partial charge in [0.1, 0.15) is 5.75 Å². The summed E-state index contributed by atoms with van der Waals surface area (Å²) < 4.78 is 10.5. The summed E-state index contributed by atoms with van der Waals surface area (Å²) in [5.41, 5.74) is 1.20. The molecule has 0 aliphatic carbocycles. The predicted octanol–water partition coefficient (Wildman–Crippen LogP) is 3.10. The topological polar surface area (TPSA) is 63.2 Å². The number of hydrogen-bond donors (Lipinski definition) is 1. The van der Waals surface area contributed by atoms with E-state index >= 15 is 0 Å². The van der Waals surface area contributed by atoms with Crippen molar-refractivity contribution in [1.29, 1.82) is 0 Å². The monoisotopic (exact) mass is 489 g/mol. The molecule has 1 atom stereocenters. The fourth-order valence-corrected chi connectivity index (χ4v) is 3.17. The Morgan fingerprint density at radius 1 is 1.37 bits per heavy atom. The molecular formula is C20H32IN3O3. The van der Waals surface area contributed by atoms with Gasteiger partial charge in [-0.15, -0.1) is 24.0 Å². The molecule has 1 heterocycles. The molecule has 1 N–H and O–H groups in total. The van der Waals surface area contributed by atoms with Crippen molar-refractivity contribution in [2.24, 2.45) is 10.9 Å². The number of likely N-dealkylation sites (tertiary alicyclic amines) is 1. The number of hydrogen-bond acceptors (Lipinski definition) is 4. The standard InChI is InChI=1S/C20H31N3O3.HI/c1-4-21-20(22-12-11-16-8-6-10-18(14-16)25-3)23-13-7-9-17(15-23)19(24)26-5-2;/h6,8,10,14,17H,4-5,7,9,11-13,15H2,1-3H3,(H,21,22);1H. The lowest BCUT2D eigenvalue weighted by molar-refractivity contribution is -0.149. The number of piperidine rings is 1. The second kappa shape index (κ2) is 12.8. The van der Waals surface area contributed by atoms with Gasteiger partial charge in [-0.3, -0.25) is 9.79 Å². The highest BCUT2D eigenvalue weighted by atomic mass is 127. The Kier molecular flexibility index (Phi) is 11.2. The molecule has 1 fully saturated rings. The van der Waals surface area contributed by atoms with Crippen molar-refractivity contribution < 1.29 is 14.3 Å². The van der Waals surface area contributed by atoms with E-state index in [1.165, 1.54) is 5.56 Å². The molecule has 0 bridgehead atoms. The number of nitrogens with one attached hydrogen (secondary N) is 1. The van der Waals surface area contributed by atoms with Crippen molar-refractivity contribution in [2.45, 2.75) is 33.1 Å². The summed E-state index contributed by atoms with van der Waals surface area (Å²) in [7, 11) is 1.68. The minimum Gasteiger partial charge on any atom is -0.497 e. The minimum atomic E-state index is -0.0931. The highest BCUT2D eigenvalue weighted by Crippen LogP contribution is 2.18. The molecule has 0 amide bonds. The van der Waals surface area contributed by atoms with Gasteiger partial charge in [0, 0.05) is 26.2 Å². The number of aliphatic imine (C=N–C) groups is 1. The fraction of sp³-hybridized carbons (Fsp3) is 0.600. The summed E-state index contributed by atoms with van der Waals surface area (Å²) in [6.45, 7) is 7.43. The van der Waals surface area contributed by atoms with Gasteiger partial charge < -0.3 is 19.7 Å². The van der Waals surface area contributed by atoms with Crippen LogP contribution in [0, 0.1) is 5.92 Å². The maximum atomic E-state index is 12.1. The number of carbonyl (C=O) groups is 1. The van der Waals surface area contributed by atoms with Gasteiger partial charge in [0.2, 0.25) is 0 Å². The van der Waals surface area contributed by atoms with E-state index in [2.05, 4.69) is 23.2 Å². The van der Waals surface area contributed by atoms with E-state index in [9.17, 15) is 4.79 Å². The Labute approximate surface area is 179 Å². The van der Waals surface area contributed by atoms with E-state index < -0.39 is 0 Å². The van der Waals surface area contributed by atoms with Crippen LogP contribution in [0.4, 0.5) is 0 Å². The Bertz CT molecular complexity index is 610. The van der Waals surface area contributed by atoms with Gasteiger partial charge in [-0.1, -0.05) is 12.1 Å². The summed E-state index contributed by atoms with van der Waals surface area (Å²) in [5, 5.41) is 3.35. The molecule has 7 heteroatoms. The molecular weight excluding hydrogens is 457 g/mol. The van der Waals surface area contributed by atoms with Gasteiger partial charge in [0.25, 0.3) is 0 Å². The SMILES string of the molecule is CCNC(=NCCc1cccc(OC)c1)N1CCCC(C(=O)OCC)C1.I. The fourth-order valence-electron chi connectivity index (χ4n) is 3.17. The molecule has 2 rings (SSSR count). The Balaban J connectivity index is 0.00000364. The first-order valence-electron chi connectivity index (χ1n) is 9.50. The van der Waals surface area contributed by atoms with Crippen LogP contribution in [-0.4, -0.2) is 56.7 Å². The molecule has 1 aliphatic heterocycles. The van der Waals surface area contributed by atoms with Crippen molar-refractivity contribution in [3.63, 3.8) is 0 Å². The lowest BCUT2D eigenvalue weighted by Crippen LogP contribution is -2.48. The van der Waals surface area contributed by atoms with E-state index in [-0.39, 0.29) is 35.9 Å². The van der Waals surface area contributed by atoms with E-state index in [0.29, 0.717) is 19.7 Å². The van der Waals surface area contributed by atoms with E-state index in [4.69, 9.17) is 14.5 Å². The number of esters is 1. The smallest absolute Gasteiger partial charge is 0.310 e. The second-order valence-corrected chi connectivity index (χ2v) is 6.37. The number of rotatable bonds is 7. The zero-order chi connectivity index (χ0) is 18.8. The molecule has 0 radical (unpaired) electrons. The summed E-state index contributed by atoms with van der Waals surface area (Å²) >= 11 is 0. The van der Waals surface area contributed by atoms with E-state index in [1.807, 2.05) is 25.1 Å². The van der Waals surface area contributed by atoms with E-state index in [0.717, 1.165) is 44.1 Å². The first-order chi connectivity index (χ1) is 12.7. The number of carbonyl (C=O) groups excluding carboxylic acids is 1. The molecule has 1 saturated heterocycles. The van der Waals surface area contributed by atoms with Gasteiger partial charge in [-0.25, -0.2) is 0 Å². The average molecular weight is 489 g/mol. The Morgan fingerprint density at radius 3 is 2.89 bits per heavy atom. The zero-order valence-corrected chi connectivity index (χ0v) is 18.9. The Morgan fingerprint density at radius 2 is 2.19 bits per heavy atom. The number of halogens is 1. The highest BCUT2D eigenvalue weighted by molar-refractivity contribution is 14.0. The van der Waals surface area contributed by atoms with Crippen molar-refractivity contribution in [3.8, 4) is 5.75 Å². The third-order valence-electron chi connectivity index (χ3n) is 4.47. The second-order valence-electron chi connectivity index (χ2n) is 6.37.